The van der Waals surface area contributed by atoms with Crippen LogP contribution in [0, 0.1) is 0 Å². The first-order chi connectivity index (χ1) is 33.0. The second-order valence-corrected chi connectivity index (χ2v) is 18.2. The lowest BCUT2D eigenvalue weighted by Gasteiger charge is -2.18. The third-order valence-corrected chi connectivity index (χ3v) is 11.7. The van der Waals surface area contributed by atoms with E-state index < -0.39 is 6.10 Å². The van der Waals surface area contributed by atoms with E-state index in [0.717, 1.165) is 116 Å². The summed E-state index contributed by atoms with van der Waals surface area (Å²) in [6, 6.07) is 0. The van der Waals surface area contributed by atoms with Gasteiger partial charge in [-0.1, -0.05) is 234 Å². The molecule has 0 saturated heterocycles. The summed E-state index contributed by atoms with van der Waals surface area (Å²) in [4.78, 5) is 38.1. The first-order valence-corrected chi connectivity index (χ1v) is 27.8. The molecule has 0 spiro atoms. The van der Waals surface area contributed by atoms with Gasteiger partial charge >= 0.3 is 17.9 Å². The minimum Gasteiger partial charge on any atom is -0.462 e. The molecular formula is C61H102O6. The smallest absolute Gasteiger partial charge is 0.306 e. The summed E-state index contributed by atoms with van der Waals surface area (Å²) in [7, 11) is 0. The lowest BCUT2D eigenvalue weighted by molar-refractivity contribution is -0.167. The molecule has 0 radical (unpaired) electrons. The molecule has 0 aliphatic rings. The molecular weight excluding hydrogens is 829 g/mol. The van der Waals surface area contributed by atoms with E-state index in [0.29, 0.717) is 19.3 Å². The highest BCUT2D eigenvalue weighted by molar-refractivity contribution is 5.71. The molecule has 6 nitrogen and oxygen atoms in total. The van der Waals surface area contributed by atoms with Gasteiger partial charge in [-0.3, -0.25) is 14.4 Å². The molecule has 67 heavy (non-hydrogen) atoms. The lowest BCUT2D eigenvalue weighted by atomic mass is 10.1. The van der Waals surface area contributed by atoms with Crippen molar-refractivity contribution in [3.63, 3.8) is 0 Å². The molecule has 0 aromatic heterocycles. The highest BCUT2D eigenvalue weighted by atomic mass is 16.6. The maximum Gasteiger partial charge on any atom is 0.306 e. The number of carbonyl (C=O) groups excluding carboxylic acids is 3. The van der Waals surface area contributed by atoms with Gasteiger partial charge in [0.05, 0.1) is 0 Å². The van der Waals surface area contributed by atoms with Crippen LogP contribution < -0.4 is 0 Å². The van der Waals surface area contributed by atoms with Gasteiger partial charge in [0.15, 0.2) is 6.10 Å². The molecule has 0 aromatic carbocycles. The van der Waals surface area contributed by atoms with E-state index in [9.17, 15) is 14.4 Å². The van der Waals surface area contributed by atoms with Crippen LogP contribution in [0.2, 0.25) is 0 Å². The van der Waals surface area contributed by atoms with Crippen LogP contribution in [0.4, 0.5) is 0 Å². The summed E-state index contributed by atoms with van der Waals surface area (Å²) in [5.74, 6) is -0.935. The zero-order valence-corrected chi connectivity index (χ0v) is 43.6. The third-order valence-electron chi connectivity index (χ3n) is 11.7. The number of hydrogen-bond acceptors (Lipinski definition) is 6. The van der Waals surface area contributed by atoms with E-state index in [4.69, 9.17) is 14.2 Å². The molecule has 6 heteroatoms. The number of allylic oxidation sites excluding steroid dienone is 16. The molecule has 0 amide bonds. The van der Waals surface area contributed by atoms with Gasteiger partial charge in [-0.2, -0.15) is 0 Å². The summed E-state index contributed by atoms with van der Waals surface area (Å²) in [5.41, 5.74) is 0. The molecule has 0 saturated carbocycles. The number of rotatable bonds is 49. The van der Waals surface area contributed by atoms with Gasteiger partial charge in [0.25, 0.3) is 0 Å². The van der Waals surface area contributed by atoms with Crippen LogP contribution in [0.15, 0.2) is 97.2 Å². The van der Waals surface area contributed by atoms with Crippen molar-refractivity contribution in [2.24, 2.45) is 0 Å². The minimum absolute atomic E-state index is 0.0944. The summed E-state index contributed by atoms with van der Waals surface area (Å²) < 4.78 is 16.8. The molecule has 0 aliphatic heterocycles. The molecule has 1 atom stereocenters. The van der Waals surface area contributed by atoms with Crippen molar-refractivity contribution in [3.8, 4) is 0 Å². The SMILES string of the molecule is CC/C=C\C/C=C\CCCCCCCC(=O)OCC(COC(=O)CCCCCCCCCCCC/C=C\C=C/CCCCC)OC(=O)CCCCCCC\C=C/C=C\C=C/C=C\CCCCC. The first kappa shape index (κ1) is 63.3. The van der Waals surface area contributed by atoms with Crippen LogP contribution in [0.5, 0.6) is 0 Å². The Balaban J connectivity index is 4.43. The molecule has 0 aromatic rings. The molecule has 0 fully saturated rings. The summed E-state index contributed by atoms with van der Waals surface area (Å²) >= 11 is 0. The van der Waals surface area contributed by atoms with Gasteiger partial charge in [-0.15, -0.1) is 0 Å². The zero-order chi connectivity index (χ0) is 48.6. The van der Waals surface area contributed by atoms with Crippen molar-refractivity contribution in [3.05, 3.63) is 97.2 Å². The van der Waals surface area contributed by atoms with Crippen molar-refractivity contribution in [2.45, 2.75) is 258 Å². The van der Waals surface area contributed by atoms with Gasteiger partial charge in [0, 0.05) is 19.3 Å². The van der Waals surface area contributed by atoms with E-state index in [2.05, 4.69) is 118 Å². The summed E-state index contributed by atoms with van der Waals surface area (Å²) in [6.45, 7) is 6.43. The average Bonchev–Trinajstić information content (AvgIpc) is 3.33. The van der Waals surface area contributed by atoms with Gasteiger partial charge in [0.2, 0.25) is 0 Å². The summed E-state index contributed by atoms with van der Waals surface area (Å²) in [5, 5.41) is 0. The second-order valence-electron chi connectivity index (χ2n) is 18.2. The number of unbranched alkanes of at least 4 members (excludes halogenated alkanes) is 26. The van der Waals surface area contributed by atoms with Crippen molar-refractivity contribution in [1.82, 2.24) is 0 Å². The zero-order valence-electron chi connectivity index (χ0n) is 43.6. The quantitative estimate of drug-likeness (QED) is 0.0199. The Morgan fingerprint density at radius 2 is 0.642 bits per heavy atom. The Hall–Kier alpha value is -3.67. The third kappa shape index (κ3) is 53.2. The molecule has 1 unspecified atom stereocenters. The van der Waals surface area contributed by atoms with E-state index in [1.165, 1.54) is 96.3 Å². The number of ether oxygens (including phenoxy) is 3. The van der Waals surface area contributed by atoms with Crippen molar-refractivity contribution >= 4 is 17.9 Å². The van der Waals surface area contributed by atoms with Crippen molar-refractivity contribution in [1.29, 1.82) is 0 Å². The van der Waals surface area contributed by atoms with Crippen molar-refractivity contribution in [2.75, 3.05) is 13.2 Å². The fraction of sp³-hybridized carbons (Fsp3) is 0.689. The molecule has 382 valence electrons. The fourth-order valence-electron chi connectivity index (χ4n) is 7.48. The first-order valence-electron chi connectivity index (χ1n) is 27.8. The number of esters is 3. The van der Waals surface area contributed by atoms with Gasteiger partial charge in [-0.05, 0) is 96.3 Å². The highest BCUT2D eigenvalue weighted by Gasteiger charge is 2.19. The Labute approximate surface area is 413 Å². The molecule has 0 N–H and O–H groups in total. The van der Waals surface area contributed by atoms with E-state index >= 15 is 0 Å². The second kappa shape index (κ2) is 54.9. The fourth-order valence-corrected chi connectivity index (χ4v) is 7.48. The van der Waals surface area contributed by atoms with Crippen molar-refractivity contribution < 1.29 is 28.6 Å². The molecule has 0 rings (SSSR count). The monoisotopic (exact) mass is 931 g/mol. The van der Waals surface area contributed by atoms with Crippen LogP contribution in [0.3, 0.4) is 0 Å². The number of carbonyl (C=O) groups is 3. The Morgan fingerprint density at radius 3 is 1.04 bits per heavy atom. The number of hydrogen-bond donors (Lipinski definition) is 0. The Bertz CT molecular complexity index is 1350. The summed E-state index contributed by atoms with van der Waals surface area (Å²) in [6.07, 6.45) is 72.4. The standard InChI is InChI=1S/C61H102O6/c1-4-7-10-13-16-19-22-25-27-29-31-33-34-36-39-42-45-48-51-54-60(63)66-57-58(56-65-59(62)53-50-47-44-41-38-24-21-18-15-12-9-6-3)67-61(64)55-52-49-46-43-40-37-35-32-30-28-26-23-20-17-14-11-8-5-2/h9,12,16-23,25-26,28,30,32,35,58H,4-8,10-11,13-15,24,27,29,31,33-34,36-57H2,1-3H3/b12-9-,19-16-,20-17-,21-18-,25-22-,26-23-,30-28-,35-32-. The maximum absolute atomic E-state index is 12.8. The highest BCUT2D eigenvalue weighted by Crippen LogP contribution is 2.15. The largest absolute Gasteiger partial charge is 0.462 e. The van der Waals surface area contributed by atoms with Crippen LogP contribution in [0.1, 0.15) is 252 Å². The topological polar surface area (TPSA) is 78.9 Å². The Morgan fingerprint density at radius 1 is 0.328 bits per heavy atom. The molecule has 0 aliphatic carbocycles. The van der Waals surface area contributed by atoms with E-state index in [1.54, 1.807) is 0 Å². The normalized spacial score (nSPS) is 12.8. The van der Waals surface area contributed by atoms with E-state index in [1.807, 2.05) is 0 Å². The van der Waals surface area contributed by atoms with Crippen LogP contribution in [0.25, 0.3) is 0 Å². The average molecular weight is 931 g/mol. The molecule has 0 bridgehead atoms. The Kier molecular flexibility index (Phi) is 51.9. The van der Waals surface area contributed by atoms with Gasteiger partial charge < -0.3 is 14.2 Å². The van der Waals surface area contributed by atoms with Gasteiger partial charge in [0.1, 0.15) is 13.2 Å². The van der Waals surface area contributed by atoms with Crippen LogP contribution in [-0.2, 0) is 28.6 Å². The van der Waals surface area contributed by atoms with Crippen LogP contribution >= 0.6 is 0 Å². The van der Waals surface area contributed by atoms with E-state index in [-0.39, 0.29) is 31.1 Å². The lowest BCUT2D eigenvalue weighted by Crippen LogP contribution is -2.30. The minimum atomic E-state index is -0.798. The predicted molar refractivity (Wildman–Crippen MR) is 288 cm³/mol. The maximum atomic E-state index is 12.8. The van der Waals surface area contributed by atoms with Crippen LogP contribution in [-0.4, -0.2) is 37.2 Å². The molecule has 0 heterocycles. The predicted octanol–water partition coefficient (Wildman–Crippen LogP) is 18.5. The van der Waals surface area contributed by atoms with Gasteiger partial charge in [-0.25, -0.2) is 0 Å².